The Bertz CT molecular complexity index is 535. The predicted octanol–water partition coefficient (Wildman–Crippen LogP) is 2.88. The van der Waals surface area contributed by atoms with E-state index in [1.54, 1.807) is 6.92 Å². The number of esters is 2. The minimum Gasteiger partial charge on any atom is -0.469 e. The third-order valence-corrected chi connectivity index (χ3v) is 4.01. The van der Waals surface area contributed by atoms with Crippen LogP contribution in [0.15, 0.2) is 42.5 Å². The van der Waals surface area contributed by atoms with Crippen LogP contribution in [-0.2, 0) is 25.7 Å². The Balaban J connectivity index is 2.06. The van der Waals surface area contributed by atoms with Crippen molar-refractivity contribution in [2.75, 3.05) is 7.11 Å². The quantitative estimate of drug-likeness (QED) is 0.631. The summed E-state index contributed by atoms with van der Waals surface area (Å²) in [6, 6.07) is 9.49. The fourth-order valence-corrected chi connectivity index (χ4v) is 2.61. The number of benzene rings is 1. The normalized spacial score (nSPS) is 24.4. The second-order valence-corrected chi connectivity index (χ2v) is 5.47. The van der Waals surface area contributed by atoms with Gasteiger partial charge in [0.1, 0.15) is 6.61 Å². The first-order chi connectivity index (χ1) is 10.1. The molecule has 0 spiro atoms. The molecule has 1 aromatic rings. The molecule has 0 fully saturated rings. The Kier molecular flexibility index (Phi) is 4.78. The topological polar surface area (TPSA) is 52.6 Å². The molecule has 0 saturated heterocycles. The Morgan fingerprint density at radius 2 is 1.95 bits per heavy atom. The van der Waals surface area contributed by atoms with Crippen molar-refractivity contribution in [1.82, 2.24) is 0 Å². The second kappa shape index (κ2) is 6.57. The van der Waals surface area contributed by atoms with E-state index >= 15 is 0 Å². The molecule has 0 unspecified atom stereocenters. The molecule has 1 aromatic carbocycles. The number of carbonyl (C=O) groups excluding carboxylic acids is 2. The largest absolute Gasteiger partial charge is 0.469 e. The molecule has 0 aromatic heterocycles. The summed E-state index contributed by atoms with van der Waals surface area (Å²) in [6.07, 6.45) is 4.82. The summed E-state index contributed by atoms with van der Waals surface area (Å²) in [4.78, 5) is 24.4. The van der Waals surface area contributed by atoms with Crippen molar-refractivity contribution in [3.8, 4) is 0 Å². The van der Waals surface area contributed by atoms with E-state index in [9.17, 15) is 9.59 Å². The van der Waals surface area contributed by atoms with Gasteiger partial charge in [0.05, 0.1) is 18.4 Å². The zero-order chi connectivity index (χ0) is 15.3. The molecule has 0 aliphatic heterocycles. The molecule has 0 amide bonds. The first-order valence-electron chi connectivity index (χ1n) is 7.02. The van der Waals surface area contributed by atoms with Crippen molar-refractivity contribution in [1.29, 1.82) is 0 Å². The molecule has 1 aliphatic rings. The van der Waals surface area contributed by atoms with E-state index in [0.29, 0.717) is 12.8 Å². The minimum absolute atomic E-state index is 0.219. The van der Waals surface area contributed by atoms with E-state index in [1.807, 2.05) is 42.5 Å². The fraction of sp³-hybridized carbons (Fsp3) is 0.412. The van der Waals surface area contributed by atoms with Gasteiger partial charge in [-0.2, -0.15) is 0 Å². The SMILES string of the molecule is COC(=O)[C@@]1(C)CC=CC[C@H]1C(=O)OCc1ccccc1. The lowest BCUT2D eigenvalue weighted by molar-refractivity contribution is -0.167. The van der Waals surface area contributed by atoms with Crippen LogP contribution in [0.1, 0.15) is 25.3 Å². The number of hydrogen-bond donors (Lipinski definition) is 0. The molecule has 0 heterocycles. The van der Waals surface area contributed by atoms with Crippen molar-refractivity contribution in [3.63, 3.8) is 0 Å². The summed E-state index contributed by atoms with van der Waals surface area (Å²) in [7, 11) is 1.35. The van der Waals surface area contributed by atoms with E-state index < -0.39 is 11.3 Å². The van der Waals surface area contributed by atoms with Gasteiger partial charge in [0.2, 0.25) is 0 Å². The van der Waals surface area contributed by atoms with Crippen molar-refractivity contribution >= 4 is 11.9 Å². The van der Waals surface area contributed by atoms with E-state index in [2.05, 4.69) is 0 Å². The van der Waals surface area contributed by atoms with Crippen LogP contribution in [0, 0.1) is 11.3 Å². The van der Waals surface area contributed by atoms with Crippen molar-refractivity contribution in [3.05, 3.63) is 48.0 Å². The molecule has 1 aliphatic carbocycles. The third kappa shape index (κ3) is 3.32. The predicted molar refractivity (Wildman–Crippen MR) is 78.2 cm³/mol. The molecule has 4 nitrogen and oxygen atoms in total. The highest BCUT2D eigenvalue weighted by molar-refractivity contribution is 5.85. The zero-order valence-electron chi connectivity index (χ0n) is 12.4. The van der Waals surface area contributed by atoms with E-state index in [-0.39, 0.29) is 18.5 Å². The number of allylic oxidation sites excluding steroid dienone is 2. The van der Waals surface area contributed by atoms with E-state index in [4.69, 9.17) is 9.47 Å². The maximum absolute atomic E-state index is 12.3. The highest BCUT2D eigenvalue weighted by Crippen LogP contribution is 2.39. The van der Waals surface area contributed by atoms with Gasteiger partial charge in [0.25, 0.3) is 0 Å². The summed E-state index contributed by atoms with van der Waals surface area (Å²) in [6.45, 7) is 1.98. The molecule has 4 heteroatoms. The van der Waals surface area contributed by atoms with Gasteiger partial charge in [0.15, 0.2) is 0 Å². The molecule has 0 bridgehead atoms. The molecule has 21 heavy (non-hydrogen) atoms. The number of methoxy groups -OCH3 is 1. The number of carbonyl (C=O) groups is 2. The Morgan fingerprint density at radius 3 is 2.62 bits per heavy atom. The van der Waals surface area contributed by atoms with Crippen molar-refractivity contribution in [2.24, 2.45) is 11.3 Å². The van der Waals surface area contributed by atoms with Gasteiger partial charge < -0.3 is 9.47 Å². The summed E-state index contributed by atoms with van der Waals surface area (Å²) >= 11 is 0. The molecular weight excluding hydrogens is 268 g/mol. The van der Waals surface area contributed by atoms with Crippen LogP contribution in [0.3, 0.4) is 0 Å². The smallest absolute Gasteiger partial charge is 0.312 e. The van der Waals surface area contributed by atoms with Gasteiger partial charge in [-0.1, -0.05) is 42.5 Å². The Morgan fingerprint density at radius 1 is 1.24 bits per heavy atom. The van der Waals surface area contributed by atoms with Crippen molar-refractivity contribution in [2.45, 2.75) is 26.4 Å². The maximum atomic E-state index is 12.3. The van der Waals surface area contributed by atoms with Crippen LogP contribution in [0.2, 0.25) is 0 Å². The average Bonchev–Trinajstić information content (AvgIpc) is 2.53. The minimum atomic E-state index is -0.850. The van der Waals surface area contributed by atoms with Crippen LogP contribution < -0.4 is 0 Å². The fourth-order valence-electron chi connectivity index (χ4n) is 2.61. The first kappa shape index (κ1) is 15.3. The van der Waals surface area contributed by atoms with Gasteiger partial charge in [-0.25, -0.2) is 0 Å². The lowest BCUT2D eigenvalue weighted by atomic mass is 9.70. The highest BCUT2D eigenvalue weighted by Gasteiger charge is 2.47. The summed E-state index contributed by atoms with van der Waals surface area (Å²) in [5.41, 5.74) is 0.0778. The third-order valence-electron chi connectivity index (χ3n) is 4.01. The van der Waals surface area contributed by atoms with Crippen LogP contribution in [0.25, 0.3) is 0 Å². The molecule has 0 N–H and O–H groups in total. The Labute approximate surface area is 124 Å². The molecule has 112 valence electrons. The number of ether oxygens (including phenoxy) is 2. The molecule has 0 saturated carbocycles. The lowest BCUT2D eigenvalue weighted by Crippen LogP contribution is -2.42. The Hall–Kier alpha value is -2.10. The summed E-state index contributed by atoms with van der Waals surface area (Å²) in [5.74, 6) is -1.22. The monoisotopic (exact) mass is 288 g/mol. The molecule has 2 atom stereocenters. The average molecular weight is 288 g/mol. The summed E-state index contributed by atoms with van der Waals surface area (Å²) < 4.78 is 10.2. The van der Waals surface area contributed by atoms with Gasteiger partial charge in [-0.3, -0.25) is 9.59 Å². The van der Waals surface area contributed by atoms with Crippen LogP contribution >= 0.6 is 0 Å². The number of rotatable bonds is 4. The van der Waals surface area contributed by atoms with E-state index in [1.165, 1.54) is 7.11 Å². The van der Waals surface area contributed by atoms with Gasteiger partial charge in [-0.15, -0.1) is 0 Å². The van der Waals surface area contributed by atoms with Crippen molar-refractivity contribution < 1.29 is 19.1 Å². The molecular formula is C17H20O4. The van der Waals surface area contributed by atoms with Crippen LogP contribution in [0.4, 0.5) is 0 Å². The van der Waals surface area contributed by atoms with Gasteiger partial charge in [0, 0.05) is 0 Å². The lowest BCUT2D eigenvalue weighted by Gasteiger charge is -2.34. The second-order valence-electron chi connectivity index (χ2n) is 5.47. The van der Waals surface area contributed by atoms with Gasteiger partial charge >= 0.3 is 11.9 Å². The highest BCUT2D eigenvalue weighted by atomic mass is 16.5. The first-order valence-corrected chi connectivity index (χ1v) is 7.02. The van der Waals surface area contributed by atoms with E-state index in [0.717, 1.165) is 5.56 Å². The zero-order valence-corrected chi connectivity index (χ0v) is 12.4. The standard InChI is InChI=1S/C17H20O4/c1-17(16(19)20-2)11-7-6-10-14(17)15(18)21-12-13-8-4-3-5-9-13/h3-9,14H,10-12H2,1-2H3/t14-,17-/m0/s1. The number of hydrogen-bond acceptors (Lipinski definition) is 4. The van der Waals surface area contributed by atoms with Crippen LogP contribution in [-0.4, -0.2) is 19.0 Å². The van der Waals surface area contributed by atoms with Gasteiger partial charge in [-0.05, 0) is 25.3 Å². The maximum Gasteiger partial charge on any atom is 0.312 e. The molecule has 2 rings (SSSR count). The summed E-state index contributed by atoms with van der Waals surface area (Å²) in [5, 5.41) is 0. The van der Waals surface area contributed by atoms with Crippen LogP contribution in [0.5, 0.6) is 0 Å². The molecule has 0 radical (unpaired) electrons.